The number of allylic oxidation sites excluding steroid dienone is 1. The summed E-state index contributed by atoms with van der Waals surface area (Å²) in [6.45, 7) is 3.59. The molecule has 1 atom stereocenters. The number of phenols is 1. The van der Waals surface area contributed by atoms with Crippen LogP contribution in [0.2, 0.25) is 0 Å². The maximum atomic E-state index is 11.9. The summed E-state index contributed by atoms with van der Waals surface area (Å²) in [4.78, 5) is 35.1. The van der Waals surface area contributed by atoms with Crippen molar-refractivity contribution in [2.45, 2.75) is 110 Å². The summed E-state index contributed by atoms with van der Waals surface area (Å²) in [6.07, 6.45) is 16.9. The summed E-state index contributed by atoms with van der Waals surface area (Å²) in [5.74, 6) is -0.598. The first-order valence-electron chi connectivity index (χ1n) is 14.0. The topological polar surface area (TPSA) is 111 Å². The van der Waals surface area contributed by atoms with Gasteiger partial charge >= 0.3 is 11.9 Å². The van der Waals surface area contributed by atoms with Gasteiger partial charge in [-0.25, -0.2) is 0 Å². The fourth-order valence-corrected chi connectivity index (χ4v) is 3.99. The number of ether oxygens (including phenoxy) is 3. The van der Waals surface area contributed by atoms with Gasteiger partial charge in [0.25, 0.3) is 5.91 Å². The third kappa shape index (κ3) is 16.7. The fraction of sp³-hybridized carbons (Fsp3) is 0.633. The molecular formula is C30H47NO7. The highest BCUT2D eigenvalue weighted by Gasteiger charge is 2.10. The Kier molecular flexibility index (Phi) is 18.2. The highest BCUT2D eigenvalue weighted by atomic mass is 16.5. The van der Waals surface area contributed by atoms with Gasteiger partial charge in [0.05, 0.1) is 7.11 Å². The number of hydrogen-bond acceptors (Lipinski definition) is 7. The summed E-state index contributed by atoms with van der Waals surface area (Å²) >= 11 is 0. The number of benzene rings is 1. The van der Waals surface area contributed by atoms with Crippen molar-refractivity contribution in [2.75, 3.05) is 13.7 Å². The van der Waals surface area contributed by atoms with E-state index in [-0.39, 0.29) is 42.9 Å². The Labute approximate surface area is 228 Å². The molecule has 1 unspecified atom stereocenters. The molecule has 8 nitrogen and oxygen atoms in total. The molecule has 0 aromatic heterocycles. The van der Waals surface area contributed by atoms with E-state index in [4.69, 9.17) is 14.2 Å². The number of amides is 1. The van der Waals surface area contributed by atoms with Crippen molar-refractivity contribution in [1.29, 1.82) is 0 Å². The smallest absolute Gasteiger partial charge is 0.306 e. The SMILES string of the molecule is CCCCCCC(C/C=C\CCCCCCCC(=O)OCC(=O)NCc1ccc(O)c(OC)c1)OC(C)=O. The van der Waals surface area contributed by atoms with Gasteiger partial charge in [-0.3, -0.25) is 14.4 Å². The summed E-state index contributed by atoms with van der Waals surface area (Å²) in [7, 11) is 1.46. The first kappa shape index (κ1) is 33.0. The van der Waals surface area contributed by atoms with Crippen molar-refractivity contribution in [1.82, 2.24) is 5.32 Å². The molecule has 0 spiro atoms. The van der Waals surface area contributed by atoms with E-state index >= 15 is 0 Å². The number of esters is 2. The van der Waals surface area contributed by atoms with Crippen LogP contribution in [-0.2, 0) is 30.4 Å². The molecule has 38 heavy (non-hydrogen) atoms. The Bertz CT molecular complexity index is 853. The second-order valence-corrected chi connectivity index (χ2v) is 9.54. The van der Waals surface area contributed by atoms with Crippen molar-refractivity contribution >= 4 is 17.8 Å². The van der Waals surface area contributed by atoms with E-state index in [0.717, 1.165) is 63.4 Å². The van der Waals surface area contributed by atoms with Crippen molar-refractivity contribution in [3.63, 3.8) is 0 Å². The van der Waals surface area contributed by atoms with E-state index < -0.39 is 0 Å². The maximum Gasteiger partial charge on any atom is 0.306 e. The van der Waals surface area contributed by atoms with Gasteiger partial charge in [0, 0.05) is 26.3 Å². The van der Waals surface area contributed by atoms with Crippen LogP contribution in [0, 0.1) is 0 Å². The lowest BCUT2D eigenvalue weighted by Crippen LogP contribution is -2.28. The van der Waals surface area contributed by atoms with Crippen LogP contribution in [0.25, 0.3) is 0 Å². The molecule has 0 heterocycles. The molecule has 0 saturated heterocycles. The maximum absolute atomic E-state index is 11.9. The second-order valence-electron chi connectivity index (χ2n) is 9.54. The van der Waals surface area contributed by atoms with Crippen molar-refractivity contribution < 1.29 is 33.7 Å². The van der Waals surface area contributed by atoms with Gasteiger partial charge in [-0.15, -0.1) is 0 Å². The third-order valence-electron chi connectivity index (χ3n) is 6.13. The van der Waals surface area contributed by atoms with E-state index in [2.05, 4.69) is 24.4 Å². The van der Waals surface area contributed by atoms with Gasteiger partial charge in [0.15, 0.2) is 18.1 Å². The van der Waals surface area contributed by atoms with E-state index in [1.54, 1.807) is 12.1 Å². The Balaban J connectivity index is 2.06. The highest BCUT2D eigenvalue weighted by molar-refractivity contribution is 5.80. The number of aromatic hydroxyl groups is 1. The Hall–Kier alpha value is -3.03. The van der Waals surface area contributed by atoms with Crippen LogP contribution in [0.1, 0.15) is 103 Å². The van der Waals surface area contributed by atoms with Crippen LogP contribution in [0.15, 0.2) is 30.4 Å². The molecule has 0 aliphatic carbocycles. The molecule has 0 aliphatic rings. The zero-order valence-electron chi connectivity index (χ0n) is 23.5. The number of unbranched alkanes of at least 4 members (excludes halogenated alkanes) is 8. The molecule has 1 aromatic rings. The fourth-order valence-electron chi connectivity index (χ4n) is 3.99. The average molecular weight is 534 g/mol. The van der Waals surface area contributed by atoms with Crippen molar-refractivity contribution in [2.24, 2.45) is 0 Å². The van der Waals surface area contributed by atoms with Crippen LogP contribution in [-0.4, -0.2) is 42.8 Å². The van der Waals surface area contributed by atoms with Gasteiger partial charge in [-0.05, 0) is 49.8 Å². The van der Waals surface area contributed by atoms with Gasteiger partial charge in [0.2, 0.25) is 0 Å². The third-order valence-corrected chi connectivity index (χ3v) is 6.13. The molecule has 214 valence electrons. The number of rotatable bonds is 21. The number of carbonyl (C=O) groups is 3. The number of hydrogen-bond donors (Lipinski definition) is 2. The van der Waals surface area contributed by atoms with Crippen LogP contribution < -0.4 is 10.1 Å². The van der Waals surface area contributed by atoms with Gasteiger partial charge in [-0.1, -0.05) is 63.7 Å². The lowest BCUT2D eigenvalue weighted by molar-refractivity contribution is -0.148. The minimum atomic E-state index is -0.380. The van der Waals surface area contributed by atoms with E-state index in [1.165, 1.54) is 39.4 Å². The molecule has 1 rings (SSSR count). The van der Waals surface area contributed by atoms with Crippen molar-refractivity contribution in [3.8, 4) is 11.5 Å². The first-order chi connectivity index (χ1) is 18.3. The minimum absolute atomic E-state index is 0.0187. The predicted octanol–water partition coefficient (Wildman–Crippen LogP) is 6.14. The normalized spacial score (nSPS) is 11.8. The van der Waals surface area contributed by atoms with Crippen LogP contribution in [0.4, 0.5) is 0 Å². The second kappa shape index (κ2) is 21.0. The van der Waals surface area contributed by atoms with Gasteiger partial charge in [0.1, 0.15) is 6.10 Å². The largest absolute Gasteiger partial charge is 0.504 e. The Morgan fingerprint density at radius 3 is 2.47 bits per heavy atom. The zero-order chi connectivity index (χ0) is 28.0. The summed E-state index contributed by atoms with van der Waals surface area (Å²) in [6, 6.07) is 4.81. The first-order valence-corrected chi connectivity index (χ1v) is 14.0. The zero-order valence-corrected chi connectivity index (χ0v) is 23.5. The highest BCUT2D eigenvalue weighted by Crippen LogP contribution is 2.26. The standard InChI is InChI=1S/C30H47NO7/c1-4-5-6-13-16-26(38-24(2)32)17-14-11-9-7-8-10-12-15-18-30(35)37-23-29(34)31-22-25-19-20-27(33)28(21-25)36-3/h11,14,19-21,26,33H,4-10,12-13,15-18,22-23H2,1-3H3,(H,31,34)/b14-11-. The molecule has 0 fully saturated rings. The molecule has 0 radical (unpaired) electrons. The molecule has 1 aromatic carbocycles. The molecule has 1 amide bonds. The lowest BCUT2D eigenvalue weighted by atomic mass is 10.1. The monoisotopic (exact) mass is 533 g/mol. The predicted molar refractivity (Wildman–Crippen MR) is 148 cm³/mol. The molecule has 0 bridgehead atoms. The van der Waals surface area contributed by atoms with Crippen LogP contribution in [0.5, 0.6) is 11.5 Å². The van der Waals surface area contributed by atoms with Gasteiger partial charge < -0.3 is 24.6 Å². The summed E-state index contributed by atoms with van der Waals surface area (Å²) in [5, 5.41) is 12.3. The quantitative estimate of drug-likeness (QED) is 0.111. The van der Waals surface area contributed by atoms with E-state index in [0.29, 0.717) is 12.2 Å². The molecule has 8 heteroatoms. The van der Waals surface area contributed by atoms with E-state index in [1.807, 2.05) is 0 Å². The van der Waals surface area contributed by atoms with Crippen LogP contribution >= 0.6 is 0 Å². The Morgan fingerprint density at radius 2 is 1.74 bits per heavy atom. The molecular weight excluding hydrogens is 486 g/mol. The van der Waals surface area contributed by atoms with Crippen LogP contribution in [0.3, 0.4) is 0 Å². The molecule has 2 N–H and O–H groups in total. The average Bonchev–Trinajstić information content (AvgIpc) is 2.89. The number of nitrogens with one attached hydrogen (secondary N) is 1. The summed E-state index contributed by atoms with van der Waals surface area (Å²) in [5.41, 5.74) is 0.763. The van der Waals surface area contributed by atoms with E-state index in [9.17, 15) is 19.5 Å². The minimum Gasteiger partial charge on any atom is -0.504 e. The van der Waals surface area contributed by atoms with Gasteiger partial charge in [-0.2, -0.15) is 0 Å². The number of methoxy groups -OCH3 is 1. The number of carbonyl (C=O) groups excluding carboxylic acids is 3. The lowest BCUT2D eigenvalue weighted by Gasteiger charge is -2.15. The summed E-state index contributed by atoms with van der Waals surface area (Å²) < 4.78 is 15.5. The molecule has 0 saturated carbocycles. The van der Waals surface area contributed by atoms with Crippen molar-refractivity contribution in [3.05, 3.63) is 35.9 Å². The number of phenolic OH excluding ortho intramolecular Hbond substituents is 1. The Morgan fingerprint density at radius 1 is 1.00 bits per heavy atom. The molecule has 0 aliphatic heterocycles.